The fourth-order valence-corrected chi connectivity index (χ4v) is 2.09. The van der Waals surface area contributed by atoms with Gasteiger partial charge in [-0.05, 0) is 13.0 Å². The Balaban J connectivity index is 3.55. The zero-order valence-corrected chi connectivity index (χ0v) is 8.18. The van der Waals surface area contributed by atoms with E-state index >= 15 is 0 Å². The summed E-state index contributed by atoms with van der Waals surface area (Å²) < 4.78 is 0. The van der Waals surface area contributed by atoms with E-state index in [4.69, 9.17) is 5.26 Å². The van der Waals surface area contributed by atoms with Gasteiger partial charge in [0.2, 0.25) is 0 Å². The van der Waals surface area contributed by atoms with Crippen LogP contribution in [0.25, 0.3) is 0 Å². The second-order valence-electron chi connectivity index (χ2n) is 2.60. The Morgan fingerprint density at radius 3 is 2.55 bits per heavy atom. The molecule has 0 aliphatic carbocycles. The number of hydrogen-bond acceptors (Lipinski definition) is 2. The first-order chi connectivity index (χ1) is 5.22. The summed E-state index contributed by atoms with van der Waals surface area (Å²) in [5.41, 5.74) is 2.11. The highest BCUT2D eigenvalue weighted by Gasteiger charge is 2.15. The highest BCUT2D eigenvalue weighted by molar-refractivity contribution is 6.95. The quantitative estimate of drug-likeness (QED) is 0.464. The lowest BCUT2D eigenvalue weighted by atomic mass is 10.3. The third-order valence-corrected chi connectivity index (χ3v) is 3.56. The van der Waals surface area contributed by atoms with Gasteiger partial charge in [0.25, 0.3) is 8.80 Å². The molecule has 0 saturated heterocycles. The first-order valence-electron chi connectivity index (χ1n) is 3.99. The normalized spacial score (nSPS) is 9.64. The van der Waals surface area contributed by atoms with Crippen LogP contribution in [0.4, 0.5) is 0 Å². The maximum atomic E-state index is 10.8. The highest BCUT2D eigenvalue weighted by Crippen LogP contribution is 2.03. The van der Waals surface area contributed by atoms with Crippen molar-refractivity contribution in [3.8, 4) is 5.69 Å². The van der Waals surface area contributed by atoms with Gasteiger partial charge >= 0.3 is 0 Å². The van der Waals surface area contributed by atoms with E-state index in [9.17, 15) is 4.79 Å². The van der Waals surface area contributed by atoms with Crippen molar-refractivity contribution in [2.75, 3.05) is 0 Å². The van der Waals surface area contributed by atoms with Crippen LogP contribution in [0, 0.1) is 11.0 Å². The molecule has 1 radical (unpaired) electrons. The Labute approximate surface area is 69.8 Å². The van der Waals surface area contributed by atoms with E-state index in [-0.39, 0.29) is 5.41 Å². The summed E-state index contributed by atoms with van der Waals surface area (Å²) in [6.45, 7) is 3.65. The van der Waals surface area contributed by atoms with E-state index < -0.39 is 8.80 Å². The Morgan fingerprint density at radius 1 is 1.55 bits per heavy atom. The van der Waals surface area contributed by atoms with Crippen LogP contribution in [0.15, 0.2) is 0 Å². The molecule has 0 aliphatic heterocycles. The van der Waals surface area contributed by atoms with Gasteiger partial charge in [0.1, 0.15) is 5.41 Å². The number of unbranched alkanes of at least 4 members (excludes halogenated alkanes) is 2. The first-order valence-corrected chi connectivity index (χ1v) is 5.70. The standard InChI is InChI=1S/C8H14NOSi/c1-3-4-5-6-11(7-9)8(2)10/h3-6H2,1-2H3. The molecule has 11 heavy (non-hydrogen) atoms. The van der Waals surface area contributed by atoms with E-state index in [1.165, 1.54) is 6.92 Å². The molecule has 0 aromatic rings. The predicted octanol–water partition coefficient (Wildman–Crippen LogP) is 1.86. The summed E-state index contributed by atoms with van der Waals surface area (Å²) in [5.74, 6) is 0. The van der Waals surface area contributed by atoms with Crippen LogP contribution in [-0.4, -0.2) is 14.2 Å². The van der Waals surface area contributed by atoms with Crippen molar-refractivity contribution in [1.29, 1.82) is 5.26 Å². The number of rotatable bonds is 5. The third kappa shape index (κ3) is 4.74. The molecule has 3 heteroatoms. The van der Waals surface area contributed by atoms with E-state index in [1.54, 1.807) is 0 Å². The van der Waals surface area contributed by atoms with Crippen LogP contribution in [0.1, 0.15) is 33.1 Å². The zero-order chi connectivity index (χ0) is 8.69. The molecule has 0 N–H and O–H groups in total. The second kappa shape index (κ2) is 6.11. The molecule has 0 aliphatic rings. The molecule has 2 nitrogen and oxygen atoms in total. The minimum atomic E-state index is -1.31. The molecule has 0 aromatic heterocycles. The zero-order valence-electron chi connectivity index (χ0n) is 7.18. The Kier molecular flexibility index (Phi) is 5.76. The molecular formula is C8H14NOSi. The molecule has 0 atom stereocenters. The fraction of sp³-hybridized carbons (Fsp3) is 0.750. The van der Waals surface area contributed by atoms with Gasteiger partial charge in [-0.25, -0.2) is 5.26 Å². The molecule has 0 bridgehead atoms. The second-order valence-corrected chi connectivity index (χ2v) is 4.99. The predicted molar refractivity (Wildman–Crippen MR) is 46.4 cm³/mol. The van der Waals surface area contributed by atoms with Gasteiger partial charge in [-0.2, -0.15) is 0 Å². The van der Waals surface area contributed by atoms with Crippen LogP contribution < -0.4 is 0 Å². The van der Waals surface area contributed by atoms with Crippen molar-refractivity contribution in [3.05, 3.63) is 0 Å². The monoisotopic (exact) mass is 168 g/mol. The third-order valence-electron chi connectivity index (χ3n) is 1.59. The molecule has 0 unspecified atom stereocenters. The van der Waals surface area contributed by atoms with Gasteiger partial charge in [-0.3, -0.25) is 0 Å². The van der Waals surface area contributed by atoms with Gasteiger partial charge < -0.3 is 4.79 Å². The molecular weight excluding hydrogens is 154 g/mol. The van der Waals surface area contributed by atoms with Crippen LogP contribution in [-0.2, 0) is 4.79 Å². The number of hydrogen-bond donors (Lipinski definition) is 0. The summed E-state index contributed by atoms with van der Waals surface area (Å²) in [4.78, 5) is 10.8. The minimum absolute atomic E-state index is 0.105. The highest BCUT2D eigenvalue weighted by atomic mass is 28.3. The van der Waals surface area contributed by atoms with Crippen LogP contribution in [0.2, 0.25) is 6.04 Å². The number of carbonyl (C=O) groups excluding carboxylic acids is 1. The Bertz CT molecular complexity index is 162. The van der Waals surface area contributed by atoms with Gasteiger partial charge in [0, 0.05) is 5.69 Å². The van der Waals surface area contributed by atoms with Crippen LogP contribution in [0.3, 0.4) is 0 Å². The summed E-state index contributed by atoms with van der Waals surface area (Å²) in [7, 11) is -1.31. The first kappa shape index (κ1) is 10.4. The van der Waals surface area contributed by atoms with Crippen molar-refractivity contribution in [1.82, 2.24) is 0 Å². The lowest BCUT2D eigenvalue weighted by molar-refractivity contribution is -0.110. The summed E-state index contributed by atoms with van der Waals surface area (Å²) in [5, 5.41) is 8.68. The summed E-state index contributed by atoms with van der Waals surface area (Å²) in [6, 6.07) is 0.838. The molecule has 0 amide bonds. The van der Waals surface area contributed by atoms with E-state index in [1.807, 2.05) is 0 Å². The van der Waals surface area contributed by atoms with Crippen molar-refractivity contribution < 1.29 is 4.79 Å². The smallest absolute Gasteiger partial charge is 0.261 e. The minimum Gasteiger partial charge on any atom is -0.305 e. The SMILES string of the molecule is CCCCC[Si](C#N)C(C)=O. The van der Waals surface area contributed by atoms with Crippen molar-refractivity contribution >= 4 is 14.2 Å². The molecule has 0 rings (SSSR count). The average Bonchev–Trinajstić information content (AvgIpc) is 1.97. The van der Waals surface area contributed by atoms with Gasteiger partial charge in [-0.1, -0.05) is 26.2 Å². The lowest BCUT2D eigenvalue weighted by Gasteiger charge is -1.99. The molecule has 0 fully saturated rings. The molecule has 0 heterocycles. The van der Waals surface area contributed by atoms with E-state index in [2.05, 4.69) is 12.6 Å². The van der Waals surface area contributed by atoms with Gasteiger partial charge in [0.05, 0.1) is 0 Å². The van der Waals surface area contributed by atoms with Gasteiger partial charge in [-0.15, -0.1) is 0 Å². The fourth-order valence-electron chi connectivity index (χ4n) is 0.862. The average molecular weight is 168 g/mol. The summed E-state index contributed by atoms with van der Waals surface area (Å²) in [6.07, 6.45) is 3.33. The molecule has 0 saturated carbocycles. The van der Waals surface area contributed by atoms with Gasteiger partial charge in [0.15, 0.2) is 0 Å². The summed E-state index contributed by atoms with van der Waals surface area (Å²) >= 11 is 0. The largest absolute Gasteiger partial charge is 0.305 e. The maximum Gasteiger partial charge on any atom is 0.261 e. The van der Waals surface area contributed by atoms with Crippen molar-refractivity contribution in [2.24, 2.45) is 0 Å². The van der Waals surface area contributed by atoms with Crippen molar-refractivity contribution in [2.45, 2.75) is 39.2 Å². The van der Waals surface area contributed by atoms with E-state index in [0.717, 1.165) is 25.3 Å². The number of carbonyl (C=O) groups is 1. The van der Waals surface area contributed by atoms with E-state index in [0.29, 0.717) is 0 Å². The number of nitrogens with zero attached hydrogens (tertiary/aromatic N) is 1. The number of nitriles is 1. The maximum absolute atomic E-state index is 10.8. The van der Waals surface area contributed by atoms with Crippen molar-refractivity contribution in [3.63, 3.8) is 0 Å². The van der Waals surface area contributed by atoms with Crippen LogP contribution >= 0.6 is 0 Å². The Morgan fingerprint density at radius 2 is 2.18 bits per heavy atom. The molecule has 61 valence electrons. The molecule has 0 aromatic carbocycles. The topological polar surface area (TPSA) is 40.9 Å². The van der Waals surface area contributed by atoms with Crippen LogP contribution in [0.5, 0.6) is 0 Å². The Hall–Kier alpha value is -0.623. The molecule has 0 spiro atoms. The lowest BCUT2D eigenvalue weighted by Crippen LogP contribution is -2.20.